The predicted molar refractivity (Wildman–Crippen MR) is 55.2 cm³/mol. The zero-order valence-corrected chi connectivity index (χ0v) is 8.61. The average molecular weight is 164 g/mol. The van der Waals surface area contributed by atoms with Crippen molar-refractivity contribution in [2.24, 2.45) is 0 Å². The minimum absolute atomic E-state index is 1.21. The molecule has 0 spiro atoms. The summed E-state index contributed by atoms with van der Waals surface area (Å²) in [5, 5.41) is 0. The fraction of sp³-hybridized carbons (Fsp3) is 0.667. The van der Waals surface area contributed by atoms with E-state index in [1.807, 2.05) is 0 Å². The first kappa shape index (κ1) is 9.57. The normalized spacial score (nSPS) is 17.1. The van der Waals surface area contributed by atoms with E-state index in [4.69, 9.17) is 0 Å². The highest BCUT2D eigenvalue weighted by molar-refractivity contribution is 5.40. The van der Waals surface area contributed by atoms with E-state index in [-0.39, 0.29) is 0 Å². The molecule has 0 fully saturated rings. The smallest absolute Gasteiger partial charge is 0.0127 e. The van der Waals surface area contributed by atoms with E-state index in [2.05, 4.69) is 26.8 Å². The average Bonchev–Trinajstić information content (AvgIpc) is 2.43. The van der Waals surface area contributed by atoms with Gasteiger partial charge in [0.05, 0.1) is 0 Å². The molecule has 0 atom stereocenters. The Morgan fingerprint density at radius 1 is 1.33 bits per heavy atom. The van der Waals surface area contributed by atoms with Gasteiger partial charge in [0.1, 0.15) is 0 Å². The van der Waals surface area contributed by atoms with Crippen LogP contribution in [0, 0.1) is 0 Å². The third-order valence-electron chi connectivity index (χ3n) is 2.82. The zero-order chi connectivity index (χ0) is 8.97. The number of allylic oxidation sites excluding steroid dienone is 4. The molecule has 1 aliphatic rings. The molecule has 0 saturated heterocycles. The van der Waals surface area contributed by atoms with Crippen molar-refractivity contribution in [1.82, 2.24) is 0 Å². The highest BCUT2D eigenvalue weighted by atomic mass is 14.2. The van der Waals surface area contributed by atoms with Crippen molar-refractivity contribution in [2.45, 2.75) is 52.9 Å². The molecule has 0 amide bonds. The van der Waals surface area contributed by atoms with Crippen LogP contribution >= 0.6 is 0 Å². The van der Waals surface area contributed by atoms with Crippen molar-refractivity contribution in [3.63, 3.8) is 0 Å². The second kappa shape index (κ2) is 4.49. The Balaban J connectivity index is 2.52. The van der Waals surface area contributed by atoms with E-state index in [0.29, 0.717) is 0 Å². The molecule has 0 heteroatoms. The Hall–Kier alpha value is -0.520. The first-order valence-corrected chi connectivity index (χ1v) is 5.17. The highest BCUT2D eigenvalue weighted by Crippen LogP contribution is 2.30. The Bertz CT molecular complexity index is 206. The van der Waals surface area contributed by atoms with Gasteiger partial charge in [-0.25, -0.2) is 0 Å². The van der Waals surface area contributed by atoms with E-state index >= 15 is 0 Å². The van der Waals surface area contributed by atoms with Crippen molar-refractivity contribution in [2.75, 3.05) is 0 Å². The van der Waals surface area contributed by atoms with Crippen molar-refractivity contribution < 1.29 is 0 Å². The number of hydrogen-bond donors (Lipinski definition) is 0. The Labute approximate surface area is 76.4 Å². The van der Waals surface area contributed by atoms with Crippen LogP contribution in [0.4, 0.5) is 0 Å². The molecule has 0 unspecified atom stereocenters. The van der Waals surface area contributed by atoms with Gasteiger partial charge in [-0.3, -0.25) is 0 Å². The lowest BCUT2D eigenvalue weighted by atomic mass is 10.0. The summed E-state index contributed by atoms with van der Waals surface area (Å²) < 4.78 is 0. The standard InChI is InChI=1S/C12H20/c1-4-6-7-12-9-8-11(5-2)10(12)3/h8H,4-7,9H2,1-3H3. The molecular weight excluding hydrogens is 144 g/mol. The maximum atomic E-state index is 2.40. The SMILES string of the molecule is CCCCC1=C(C)C(CC)=CC1. The summed E-state index contributed by atoms with van der Waals surface area (Å²) in [4.78, 5) is 0. The molecule has 0 saturated carbocycles. The van der Waals surface area contributed by atoms with Crippen LogP contribution in [0.2, 0.25) is 0 Å². The fourth-order valence-corrected chi connectivity index (χ4v) is 1.87. The van der Waals surface area contributed by atoms with Crippen LogP contribution in [0.3, 0.4) is 0 Å². The van der Waals surface area contributed by atoms with Gasteiger partial charge in [-0.05, 0) is 43.8 Å². The van der Waals surface area contributed by atoms with Crippen molar-refractivity contribution >= 4 is 0 Å². The van der Waals surface area contributed by atoms with Gasteiger partial charge in [-0.15, -0.1) is 0 Å². The van der Waals surface area contributed by atoms with Crippen LogP contribution in [-0.2, 0) is 0 Å². The molecule has 0 heterocycles. The third kappa shape index (κ3) is 2.00. The van der Waals surface area contributed by atoms with Crippen LogP contribution in [0.15, 0.2) is 22.8 Å². The minimum Gasteiger partial charge on any atom is -0.0770 e. The van der Waals surface area contributed by atoms with Gasteiger partial charge >= 0.3 is 0 Å². The van der Waals surface area contributed by atoms with Gasteiger partial charge in [0.25, 0.3) is 0 Å². The lowest BCUT2D eigenvalue weighted by molar-refractivity contribution is 0.774. The largest absolute Gasteiger partial charge is 0.0770 e. The van der Waals surface area contributed by atoms with E-state index in [9.17, 15) is 0 Å². The molecule has 0 aromatic rings. The van der Waals surface area contributed by atoms with Gasteiger partial charge in [0, 0.05) is 0 Å². The van der Waals surface area contributed by atoms with Crippen LogP contribution in [0.5, 0.6) is 0 Å². The summed E-state index contributed by atoms with van der Waals surface area (Å²) in [6, 6.07) is 0. The third-order valence-corrected chi connectivity index (χ3v) is 2.82. The van der Waals surface area contributed by atoms with Gasteiger partial charge in [0.15, 0.2) is 0 Å². The Kier molecular flexibility index (Phi) is 3.58. The fourth-order valence-electron chi connectivity index (χ4n) is 1.87. The summed E-state index contributed by atoms with van der Waals surface area (Å²) in [6.45, 7) is 6.80. The highest BCUT2D eigenvalue weighted by Gasteiger charge is 2.10. The van der Waals surface area contributed by atoms with Gasteiger partial charge in [-0.1, -0.05) is 31.9 Å². The molecule has 0 bridgehead atoms. The zero-order valence-electron chi connectivity index (χ0n) is 8.61. The summed E-state index contributed by atoms with van der Waals surface area (Å²) in [6.07, 6.45) is 8.84. The summed E-state index contributed by atoms with van der Waals surface area (Å²) >= 11 is 0. The Morgan fingerprint density at radius 2 is 2.08 bits per heavy atom. The first-order valence-electron chi connectivity index (χ1n) is 5.17. The van der Waals surface area contributed by atoms with E-state index in [0.717, 1.165) is 0 Å². The molecule has 0 N–H and O–H groups in total. The molecule has 68 valence electrons. The summed E-state index contributed by atoms with van der Waals surface area (Å²) in [7, 11) is 0. The maximum Gasteiger partial charge on any atom is -0.0127 e. The topological polar surface area (TPSA) is 0 Å². The van der Waals surface area contributed by atoms with Crippen molar-refractivity contribution in [3.8, 4) is 0 Å². The predicted octanol–water partition coefficient (Wildman–Crippen LogP) is 4.23. The lowest BCUT2D eigenvalue weighted by Crippen LogP contribution is -1.84. The second-order valence-electron chi connectivity index (χ2n) is 3.62. The van der Waals surface area contributed by atoms with E-state index in [1.165, 1.54) is 32.1 Å². The van der Waals surface area contributed by atoms with Gasteiger partial charge in [-0.2, -0.15) is 0 Å². The lowest BCUT2D eigenvalue weighted by Gasteiger charge is -2.04. The van der Waals surface area contributed by atoms with Gasteiger partial charge < -0.3 is 0 Å². The molecule has 0 nitrogen and oxygen atoms in total. The van der Waals surface area contributed by atoms with E-state index < -0.39 is 0 Å². The van der Waals surface area contributed by atoms with E-state index in [1.54, 1.807) is 16.7 Å². The molecule has 0 aliphatic heterocycles. The number of hydrogen-bond acceptors (Lipinski definition) is 0. The summed E-state index contributed by atoms with van der Waals surface area (Å²) in [5.41, 5.74) is 4.86. The molecule has 1 rings (SSSR count). The van der Waals surface area contributed by atoms with Gasteiger partial charge in [0.2, 0.25) is 0 Å². The second-order valence-corrected chi connectivity index (χ2v) is 3.62. The molecule has 1 aliphatic carbocycles. The quantitative estimate of drug-likeness (QED) is 0.583. The van der Waals surface area contributed by atoms with Crippen LogP contribution in [0.1, 0.15) is 52.9 Å². The summed E-state index contributed by atoms with van der Waals surface area (Å²) in [5.74, 6) is 0. The van der Waals surface area contributed by atoms with Crippen molar-refractivity contribution in [3.05, 3.63) is 22.8 Å². The van der Waals surface area contributed by atoms with Crippen LogP contribution in [0.25, 0.3) is 0 Å². The monoisotopic (exact) mass is 164 g/mol. The van der Waals surface area contributed by atoms with Crippen LogP contribution in [-0.4, -0.2) is 0 Å². The van der Waals surface area contributed by atoms with Crippen molar-refractivity contribution in [1.29, 1.82) is 0 Å². The molecule has 0 aromatic carbocycles. The molecular formula is C12H20. The molecule has 0 radical (unpaired) electrons. The minimum atomic E-state index is 1.21. The van der Waals surface area contributed by atoms with Crippen LogP contribution < -0.4 is 0 Å². The number of rotatable bonds is 4. The first-order chi connectivity index (χ1) is 5.79. The Morgan fingerprint density at radius 3 is 2.58 bits per heavy atom. The molecule has 12 heavy (non-hydrogen) atoms. The molecule has 0 aromatic heterocycles. The maximum absolute atomic E-state index is 2.40. The number of unbranched alkanes of at least 4 members (excludes halogenated alkanes) is 1.